The van der Waals surface area contributed by atoms with Gasteiger partial charge in [0.15, 0.2) is 0 Å². The molecule has 13 heavy (non-hydrogen) atoms. The summed E-state index contributed by atoms with van der Waals surface area (Å²) < 4.78 is 5.21. The van der Waals surface area contributed by atoms with Gasteiger partial charge in [-0.15, -0.1) is 0 Å². The molecule has 1 heteroatoms. The van der Waals surface area contributed by atoms with E-state index < -0.39 is 0 Å². The monoisotopic (exact) mass is 174 g/mol. The maximum Gasteiger partial charge on any atom is 0.126 e. The molecular weight excluding hydrogens is 160 g/mol. The van der Waals surface area contributed by atoms with Gasteiger partial charge in [0, 0.05) is 0 Å². The zero-order valence-electron chi connectivity index (χ0n) is 7.70. The van der Waals surface area contributed by atoms with Gasteiger partial charge in [0.25, 0.3) is 0 Å². The SMILES string of the molecule is C1=C(/C=C/c2ccco2)CCCC1. The van der Waals surface area contributed by atoms with Crippen LogP contribution in [0.2, 0.25) is 0 Å². The molecule has 0 amide bonds. The van der Waals surface area contributed by atoms with Crippen molar-refractivity contribution in [3.8, 4) is 0 Å². The summed E-state index contributed by atoms with van der Waals surface area (Å²) in [6, 6.07) is 3.88. The maximum absolute atomic E-state index is 5.21. The Balaban J connectivity index is 2.00. The lowest BCUT2D eigenvalue weighted by Crippen LogP contribution is -1.87. The lowest BCUT2D eigenvalue weighted by molar-refractivity contribution is 0.557. The first-order valence-electron chi connectivity index (χ1n) is 4.86. The van der Waals surface area contributed by atoms with Crippen molar-refractivity contribution in [2.75, 3.05) is 0 Å². The van der Waals surface area contributed by atoms with Crippen LogP contribution in [0.5, 0.6) is 0 Å². The van der Waals surface area contributed by atoms with Gasteiger partial charge in [0.1, 0.15) is 5.76 Å². The largest absolute Gasteiger partial charge is 0.465 e. The average molecular weight is 174 g/mol. The second kappa shape index (κ2) is 4.13. The minimum Gasteiger partial charge on any atom is -0.465 e. The summed E-state index contributed by atoms with van der Waals surface area (Å²) in [4.78, 5) is 0. The van der Waals surface area contributed by atoms with Gasteiger partial charge >= 0.3 is 0 Å². The molecule has 1 aromatic rings. The van der Waals surface area contributed by atoms with Crippen molar-refractivity contribution < 1.29 is 4.42 Å². The fourth-order valence-corrected chi connectivity index (χ4v) is 1.59. The fourth-order valence-electron chi connectivity index (χ4n) is 1.59. The van der Waals surface area contributed by atoms with Gasteiger partial charge in [-0.3, -0.25) is 0 Å². The molecule has 1 aliphatic carbocycles. The van der Waals surface area contributed by atoms with Crippen LogP contribution in [0.3, 0.4) is 0 Å². The normalized spacial score (nSPS) is 17.7. The predicted octanol–water partition coefficient (Wildman–Crippen LogP) is 3.79. The van der Waals surface area contributed by atoms with Gasteiger partial charge in [-0.05, 0) is 43.9 Å². The van der Waals surface area contributed by atoms with Crippen LogP contribution in [0.15, 0.2) is 40.5 Å². The molecular formula is C12H14O. The Morgan fingerprint density at radius 2 is 2.23 bits per heavy atom. The summed E-state index contributed by atoms with van der Waals surface area (Å²) >= 11 is 0. The van der Waals surface area contributed by atoms with E-state index in [9.17, 15) is 0 Å². The van der Waals surface area contributed by atoms with Crippen LogP contribution in [0, 0.1) is 0 Å². The van der Waals surface area contributed by atoms with Crippen molar-refractivity contribution in [1.82, 2.24) is 0 Å². The van der Waals surface area contributed by atoms with Crippen LogP contribution >= 0.6 is 0 Å². The van der Waals surface area contributed by atoms with Crippen LogP contribution in [0.1, 0.15) is 31.4 Å². The Bertz CT molecular complexity index is 304. The topological polar surface area (TPSA) is 13.1 Å². The molecule has 1 aliphatic rings. The molecule has 0 saturated carbocycles. The zero-order valence-corrected chi connectivity index (χ0v) is 7.70. The summed E-state index contributed by atoms with van der Waals surface area (Å²) in [5.74, 6) is 0.937. The molecule has 0 atom stereocenters. The minimum atomic E-state index is 0.937. The first-order valence-corrected chi connectivity index (χ1v) is 4.86. The number of hydrogen-bond donors (Lipinski definition) is 0. The van der Waals surface area contributed by atoms with Gasteiger partial charge in [-0.1, -0.05) is 17.7 Å². The van der Waals surface area contributed by atoms with Gasteiger partial charge in [-0.2, -0.15) is 0 Å². The Morgan fingerprint density at radius 1 is 1.23 bits per heavy atom. The highest BCUT2D eigenvalue weighted by molar-refractivity contribution is 5.47. The van der Waals surface area contributed by atoms with Crippen molar-refractivity contribution in [2.45, 2.75) is 25.7 Å². The number of allylic oxidation sites excluding steroid dienone is 3. The van der Waals surface area contributed by atoms with E-state index >= 15 is 0 Å². The third-order valence-corrected chi connectivity index (χ3v) is 2.33. The summed E-state index contributed by atoms with van der Waals surface area (Å²) in [5.41, 5.74) is 1.45. The van der Waals surface area contributed by atoms with Crippen molar-refractivity contribution in [2.24, 2.45) is 0 Å². The quantitative estimate of drug-likeness (QED) is 0.664. The molecule has 0 N–H and O–H groups in total. The summed E-state index contributed by atoms with van der Waals surface area (Å²) in [6.07, 6.45) is 13.4. The Labute approximate surface area is 78.8 Å². The van der Waals surface area contributed by atoms with Crippen LogP contribution in [0.25, 0.3) is 6.08 Å². The lowest BCUT2D eigenvalue weighted by Gasteiger charge is -2.07. The maximum atomic E-state index is 5.21. The van der Waals surface area contributed by atoms with E-state index in [0.717, 1.165) is 5.76 Å². The van der Waals surface area contributed by atoms with Crippen molar-refractivity contribution >= 4 is 6.08 Å². The number of rotatable bonds is 2. The second-order valence-corrected chi connectivity index (χ2v) is 3.37. The zero-order chi connectivity index (χ0) is 8.93. The molecule has 0 fully saturated rings. The molecule has 1 nitrogen and oxygen atoms in total. The molecule has 2 rings (SSSR count). The van der Waals surface area contributed by atoms with E-state index in [1.165, 1.54) is 31.3 Å². The van der Waals surface area contributed by atoms with Crippen molar-refractivity contribution in [1.29, 1.82) is 0 Å². The van der Waals surface area contributed by atoms with Crippen LogP contribution < -0.4 is 0 Å². The van der Waals surface area contributed by atoms with Gasteiger partial charge in [-0.25, -0.2) is 0 Å². The van der Waals surface area contributed by atoms with Gasteiger partial charge in [0.05, 0.1) is 6.26 Å². The first kappa shape index (κ1) is 8.36. The van der Waals surface area contributed by atoms with E-state index in [1.54, 1.807) is 6.26 Å². The molecule has 0 bridgehead atoms. The first-order chi connectivity index (χ1) is 6.45. The number of furan rings is 1. The highest BCUT2D eigenvalue weighted by atomic mass is 16.3. The van der Waals surface area contributed by atoms with Crippen LogP contribution in [0.4, 0.5) is 0 Å². The van der Waals surface area contributed by atoms with Crippen LogP contribution in [-0.2, 0) is 0 Å². The predicted molar refractivity (Wildman–Crippen MR) is 54.3 cm³/mol. The molecule has 1 heterocycles. The molecule has 0 saturated heterocycles. The lowest BCUT2D eigenvalue weighted by atomic mass is 9.99. The highest BCUT2D eigenvalue weighted by Gasteiger charge is 1.99. The van der Waals surface area contributed by atoms with Gasteiger partial charge in [0.2, 0.25) is 0 Å². The molecule has 0 aromatic carbocycles. The fraction of sp³-hybridized carbons (Fsp3) is 0.333. The van der Waals surface area contributed by atoms with E-state index in [1.807, 2.05) is 18.2 Å². The van der Waals surface area contributed by atoms with E-state index in [2.05, 4.69) is 12.2 Å². The van der Waals surface area contributed by atoms with Crippen molar-refractivity contribution in [3.05, 3.63) is 41.9 Å². The molecule has 0 aliphatic heterocycles. The number of hydrogen-bond acceptors (Lipinski definition) is 1. The van der Waals surface area contributed by atoms with Crippen LogP contribution in [-0.4, -0.2) is 0 Å². The molecule has 0 unspecified atom stereocenters. The Hall–Kier alpha value is -1.24. The second-order valence-electron chi connectivity index (χ2n) is 3.37. The minimum absolute atomic E-state index is 0.937. The third kappa shape index (κ3) is 2.35. The Kier molecular flexibility index (Phi) is 2.65. The standard InChI is InChI=1S/C12H14O/c1-2-5-11(6-3-1)8-9-12-7-4-10-13-12/h4-5,7-10H,1-3,6H2/b9-8+. The van der Waals surface area contributed by atoms with E-state index in [4.69, 9.17) is 4.42 Å². The van der Waals surface area contributed by atoms with Gasteiger partial charge < -0.3 is 4.42 Å². The Morgan fingerprint density at radius 3 is 2.92 bits per heavy atom. The molecule has 0 spiro atoms. The summed E-state index contributed by atoms with van der Waals surface area (Å²) in [6.45, 7) is 0. The molecule has 1 aromatic heterocycles. The summed E-state index contributed by atoms with van der Waals surface area (Å²) in [5, 5.41) is 0. The average Bonchev–Trinajstić information content (AvgIpc) is 2.69. The van der Waals surface area contributed by atoms with E-state index in [0.29, 0.717) is 0 Å². The smallest absolute Gasteiger partial charge is 0.126 e. The molecule has 0 radical (unpaired) electrons. The highest BCUT2D eigenvalue weighted by Crippen LogP contribution is 2.19. The van der Waals surface area contributed by atoms with E-state index in [-0.39, 0.29) is 0 Å². The molecule has 68 valence electrons. The third-order valence-electron chi connectivity index (χ3n) is 2.33. The van der Waals surface area contributed by atoms with Crippen molar-refractivity contribution in [3.63, 3.8) is 0 Å². The summed E-state index contributed by atoms with van der Waals surface area (Å²) in [7, 11) is 0.